The van der Waals surface area contributed by atoms with Gasteiger partial charge in [0.15, 0.2) is 0 Å². The zero-order valence-electron chi connectivity index (χ0n) is 12.3. The van der Waals surface area contributed by atoms with Crippen molar-refractivity contribution in [1.29, 1.82) is 0 Å². The molecule has 1 spiro atoms. The van der Waals surface area contributed by atoms with Crippen LogP contribution in [-0.4, -0.2) is 35.6 Å². The summed E-state index contributed by atoms with van der Waals surface area (Å²) in [6.45, 7) is 8.69. The lowest BCUT2D eigenvalue weighted by molar-refractivity contribution is 0.0169. The highest BCUT2D eigenvalue weighted by Gasteiger charge is 2.44. The Morgan fingerprint density at radius 1 is 1.06 bits per heavy atom. The second kappa shape index (κ2) is 4.79. The summed E-state index contributed by atoms with van der Waals surface area (Å²) in [7, 11) is 0. The van der Waals surface area contributed by atoms with Crippen molar-refractivity contribution >= 4 is 0 Å². The Morgan fingerprint density at radius 3 is 2.39 bits per heavy atom. The van der Waals surface area contributed by atoms with Crippen LogP contribution in [0.15, 0.2) is 0 Å². The summed E-state index contributed by atoms with van der Waals surface area (Å²) >= 11 is 0. The minimum Gasteiger partial charge on any atom is -0.308 e. The first-order chi connectivity index (χ1) is 8.60. The van der Waals surface area contributed by atoms with Gasteiger partial charge in [-0.05, 0) is 45.4 Å². The molecule has 1 saturated heterocycles. The molecule has 18 heavy (non-hydrogen) atoms. The molecular formula is C16H30N2. The maximum atomic E-state index is 3.90. The zero-order valence-corrected chi connectivity index (χ0v) is 12.3. The molecule has 1 N–H and O–H groups in total. The van der Waals surface area contributed by atoms with Gasteiger partial charge < -0.3 is 5.32 Å². The summed E-state index contributed by atoms with van der Waals surface area (Å²) < 4.78 is 0. The molecule has 3 fully saturated rings. The second-order valence-electron chi connectivity index (χ2n) is 7.68. The first-order valence-electron chi connectivity index (χ1n) is 8.10. The molecule has 0 bridgehead atoms. The number of rotatable bonds is 2. The van der Waals surface area contributed by atoms with Gasteiger partial charge in [-0.1, -0.05) is 25.7 Å². The van der Waals surface area contributed by atoms with Gasteiger partial charge in [-0.25, -0.2) is 0 Å². The summed E-state index contributed by atoms with van der Waals surface area (Å²) in [4.78, 5) is 2.82. The zero-order chi connectivity index (χ0) is 12.6. The molecule has 3 aliphatic rings. The first-order valence-corrected chi connectivity index (χ1v) is 8.10. The number of hydrogen-bond donors (Lipinski definition) is 1. The normalized spacial score (nSPS) is 32.3. The van der Waals surface area contributed by atoms with Gasteiger partial charge in [-0.2, -0.15) is 0 Å². The van der Waals surface area contributed by atoms with Gasteiger partial charge in [0, 0.05) is 30.7 Å². The summed E-state index contributed by atoms with van der Waals surface area (Å²) in [5, 5.41) is 3.90. The largest absolute Gasteiger partial charge is 0.308 e. The van der Waals surface area contributed by atoms with E-state index in [2.05, 4.69) is 24.1 Å². The smallest absolute Gasteiger partial charge is 0.0309 e. The van der Waals surface area contributed by atoms with E-state index in [4.69, 9.17) is 0 Å². The van der Waals surface area contributed by atoms with E-state index in [0.717, 1.165) is 5.92 Å². The van der Waals surface area contributed by atoms with E-state index in [1.165, 1.54) is 71.0 Å². The van der Waals surface area contributed by atoms with Gasteiger partial charge in [0.2, 0.25) is 0 Å². The molecule has 3 rings (SSSR count). The van der Waals surface area contributed by atoms with Crippen LogP contribution in [0.25, 0.3) is 0 Å². The average Bonchev–Trinajstić information content (AvgIpc) is 2.97. The van der Waals surface area contributed by atoms with Crippen LogP contribution in [-0.2, 0) is 0 Å². The van der Waals surface area contributed by atoms with Crippen LogP contribution in [0.2, 0.25) is 0 Å². The molecule has 0 amide bonds. The van der Waals surface area contributed by atoms with E-state index >= 15 is 0 Å². The summed E-state index contributed by atoms with van der Waals surface area (Å²) in [6, 6.07) is 0. The van der Waals surface area contributed by atoms with Gasteiger partial charge in [0.1, 0.15) is 0 Å². The van der Waals surface area contributed by atoms with Crippen molar-refractivity contribution in [3.8, 4) is 0 Å². The van der Waals surface area contributed by atoms with Crippen molar-refractivity contribution in [2.75, 3.05) is 19.6 Å². The average molecular weight is 250 g/mol. The fourth-order valence-corrected chi connectivity index (χ4v) is 4.35. The lowest BCUT2D eigenvalue weighted by Gasteiger charge is -2.51. The van der Waals surface area contributed by atoms with E-state index < -0.39 is 0 Å². The first kappa shape index (κ1) is 12.9. The van der Waals surface area contributed by atoms with Crippen molar-refractivity contribution < 1.29 is 0 Å². The van der Waals surface area contributed by atoms with Crippen molar-refractivity contribution in [3.63, 3.8) is 0 Å². The Hall–Kier alpha value is -0.0800. The molecule has 0 aromatic heterocycles. The fourth-order valence-electron chi connectivity index (χ4n) is 4.35. The molecule has 104 valence electrons. The fraction of sp³-hybridized carbons (Fsp3) is 1.00. The van der Waals surface area contributed by atoms with E-state index in [-0.39, 0.29) is 0 Å². The van der Waals surface area contributed by atoms with Crippen molar-refractivity contribution in [2.45, 2.75) is 76.3 Å². The van der Waals surface area contributed by atoms with E-state index in [1.54, 1.807) is 0 Å². The molecule has 0 unspecified atom stereocenters. The lowest BCUT2D eigenvalue weighted by Crippen LogP contribution is -2.67. The molecule has 2 aliphatic carbocycles. The minimum absolute atomic E-state index is 0.358. The third-order valence-electron chi connectivity index (χ3n) is 5.76. The van der Waals surface area contributed by atoms with Gasteiger partial charge in [0.25, 0.3) is 0 Å². The molecule has 0 atom stereocenters. The molecule has 2 heteroatoms. The predicted molar refractivity (Wildman–Crippen MR) is 76.8 cm³/mol. The highest BCUT2D eigenvalue weighted by atomic mass is 15.3. The van der Waals surface area contributed by atoms with Crippen LogP contribution in [0.1, 0.15) is 65.2 Å². The third kappa shape index (κ3) is 2.46. The quantitative estimate of drug-likeness (QED) is 0.810. The number of hydrogen-bond acceptors (Lipinski definition) is 2. The van der Waals surface area contributed by atoms with Gasteiger partial charge >= 0.3 is 0 Å². The predicted octanol–water partition coefficient (Wildman–Crippen LogP) is 3.17. The molecule has 1 heterocycles. The van der Waals surface area contributed by atoms with Crippen LogP contribution in [0.4, 0.5) is 0 Å². The second-order valence-corrected chi connectivity index (χ2v) is 7.68. The maximum absolute atomic E-state index is 3.90. The number of piperazine rings is 1. The third-order valence-corrected chi connectivity index (χ3v) is 5.76. The maximum Gasteiger partial charge on any atom is 0.0309 e. The molecule has 2 saturated carbocycles. The molecule has 0 aromatic rings. The van der Waals surface area contributed by atoms with Crippen LogP contribution >= 0.6 is 0 Å². The van der Waals surface area contributed by atoms with E-state index in [1.807, 2.05) is 0 Å². The Labute approximate surface area is 113 Å². The molecule has 1 aliphatic heterocycles. The lowest BCUT2D eigenvalue weighted by atomic mass is 9.86. The van der Waals surface area contributed by atoms with Crippen LogP contribution in [0.3, 0.4) is 0 Å². The summed E-state index contributed by atoms with van der Waals surface area (Å²) in [5.41, 5.74) is 0.838. The topological polar surface area (TPSA) is 15.3 Å². The van der Waals surface area contributed by atoms with Crippen LogP contribution in [0, 0.1) is 5.92 Å². The van der Waals surface area contributed by atoms with Gasteiger partial charge in [-0.15, -0.1) is 0 Å². The van der Waals surface area contributed by atoms with Gasteiger partial charge in [-0.3, -0.25) is 4.90 Å². The standard InChI is InChI=1S/C16H30N2/c1-15(2)12-17-16(9-5-6-10-16)13-18(15)11-14-7-3-4-8-14/h14,17H,3-13H2,1-2H3. The van der Waals surface area contributed by atoms with Crippen LogP contribution < -0.4 is 5.32 Å². The summed E-state index contributed by atoms with van der Waals surface area (Å²) in [5.74, 6) is 0.987. The minimum atomic E-state index is 0.358. The highest BCUT2D eigenvalue weighted by molar-refractivity contribution is 5.04. The van der Waals surface area contributed by atoms with Gasteiger partial charge in [0.05, 0.1) is 0 Å². The Morgan fingerprint density at radius 2 is 1.72 bits per heavy atom. The van der Waals surface area contributed by atoms with Crippen molar-refractivity contribution in [3.05, 3.63) is 0 Å². The number of nitrogens with zero attached hydrogens (tertiary/aromatic N) is 1. The molecule has 0 aromatic carbocycles. The molecule has 2 nitrogen and oxygen atoms in total. The van der Waals surface area contributed by atoms with Crippen LogP contribution in [0.5, 0.6) is 0 Å². The summed E-state index contributed by atoms with van der Waals surface area (Å²) in [6.07, 6.45) is 11.6. The Balaban J connectivity index is 1.67. The number of nitrogens with one attached hydrogen (secondary N) is 1. The molecule has 0 radical (unpaired) electrons. The highest BCUT2D eigenvalue weighted by Crippen LogP contribution is 2.37. The van der Waals surface area contributed by atoms with E-state index in [0.29, 0.717) is 11.1 Å². The van der Waals surface area contributed by atoms with E-state index in [9.17, 15) is 0 Å². The monoisotopic (exact) mass is 250 g/mol. The van der Waals surface area contributed by atoms with Crippen molar-refractivity contribution in [1.82, 2.24) is 10.2 Å². The Kier molecular flexibility index (Phi) is 3.44. The SMILES string of the molecule is CC1(C)CNC2(CCCC2)CN1CC1CCCC1. The Bertz CT molecular complexity index is 285. The van der Waals surface area contributed by atoms with Crippen molar-refractivity contribution in [2.24, 2.45) is 5.92 Å². The molecular weight excluding hydrogens is 220 g/mol.